The molecule has 5 rings (SSSR count). The Hall–Kier alpha value is -3.80. The topological polar surface area (TPSA) is 64.3 Å². The molecule has 2 aliphatic rings. The number of fused-ring (bicyclic) bond motifs is 4. The summed E-state index contributed by atoms with van der Waals surface area (Å²) in [6.45, 7) is 14.6. The molecule has 0 saturated heterocycles. The lowest BCUT2D eigenvalue weighted by molar-refractivity contribution is -0.137. The van der Waals surface area contributed by atoms with Gasteiger partial charge in [-0.1, -0.05) is 20.3 Å². The highest BCUT2D eigenvalue weighted by atomic mass is 16.5. The van der Waals surface area contributed by atoms with E-state index in [1.165, 1.54) is 5.69 Å². The summed E-state index contributed by atoms with van der Waals surface area (Å²) in [6, 6.07) is 15.2. The molecule has 40 heavy (non-hydrogen) atoms. The zero-order chi connectivity index (χ0) is 28.4. The van der Waals surface area contributed by atoms with E-state index in [-0.39, 0.29) is 11.8 Å². The van der Waals surface area contributed by atoms with Crippen molar-refractivity contribution in [2.75, 3.05) is 36.0 Å². The number of hydrogen-bond acceptors (Lipinski definition) is 4. The van der Waals surface area contributed by atoms with Gasteiger partial charge in [-0.2, -0.15) is 0 Å². The molecule has 210 valence electrons. The third-order valence-corrected chi connectivity index (χ3v) is 8.37. The first-order valence-electron chi connectivity index (χ1n) is 14.6. The first-order valence-corrected chi connectivity index (χ1v) is 14.6. The van der Waals surface area contributed by atoms with E-state index in [1.54, 1.807) is 0 Å². The number of unbranched alkanes of at least 4 members (excludes halogenated alkanes) is 2. The number of nitrogens with zero attached hydrogens (tertiary/aromatic N) is 2. The van der Waals surface area contributed by atoms with Crippen LogP contribution in [0.15, 0.2) is 58.2 Å². The van der Waals surface area contributed by atoms with Crippen molar-refractivity contribution in [3.8, 4) is 5.75 Å². The largest absolute Gasteiger partial charge is 0.481 e. The van der Waals surface area contributed by atoms with Gasteiger partial charge >= 0.3 is 17.3 Å². The van der Waals surface area contributed by atoms with E-state index in [0.29, 0.717) is 0 Å². The molecule has 0 unspecified atom stereocenters. The van der Waals surface area contributed by atoms with Crippen LogP contribution >= 0.6 is 0 Å². The number of aliphatic carboxylic acids is 1. The fraction of sp³-hybridized carbons (Fsp3) is 0.412. The molecular weight excluding hydrogens is 500 g/mol. The summed E-state index contributed by atoms with van der Waals surface area (Å²) in [4.78, 5) is 15.4. The van der Waals surface area contributed by atoms with Gasteiger partial charge in [-0.25, -0.2) is 4.42 Å². The van der Waals surface area contributed by atoms with Crippen molar-refractivity contribution in [1.82, 2.24) is 0 Å². The van der Waals surface area contributed by atoms with Crippen molar-refractivity contribution in [2.45, 2.75) is 65.7 Å². The molecule has 0 atom stereocenters. The van der Waals surface area contributed by atoms with Crippen molar-refractivity contribution in [3.63, 3.8) is 0 Å². The summed E-state index contributed by atoms with van der Waals surface area (Å²) in [7, 11) is 0. The fourth-order valence-corrected chi connectivity index (χ4v) is 5.92. The molecule has 1 aromatic heterocycles. The van der Waals surface area contributed by atoms with Gasteiger partial charge in [-0.3, -0.25) is 4.79 Å². The second-order valence-corrected chi connectivity index (χ2v) is 11.2. The average Bonchev–Trinajstić information content (AvgIpc) is 2.94. The smallest absolute Gasteiger partial charge is 0.362 e. The Kier molecular flexibility index (Phi) is 7.88. The predicted molar refractivity (Wildman–Crippen MR) is 164 cm³/mol. The van der Waals surface area contributed by atoms with Gasteiger partial charge in [0.15, 0.2) is 0 Å². The number of rotatable bonds is 11. The van der Waals surface area contributed by atoms with Crippen LogP contribution in [-0.2, 0) is 10.2 Å². The molecule has 0 spiro atoms. The molecule has 1 aliphatic heterocycles. The summed E-state index contributed by atoms with van der Waals surface area (Å²) in [5, 5.41) is 9.98. The van der Waals surface area contributed by atoms with Crippen LogP contribution in [0.1, 0.15) is 77.2 Å². The van der Waals surface area contributed by atoms with Gasteiger partial charge in [0.25, 0.3) is 0 Å². The van der Waals surface area contributed by atoms with E-state index in [0.717, 1.165) is 96.1 Å². The predicted octanol–water partition coefficient (Wildman–Crippen LogP) is 8.14. The van der Waals surface area contributed by atoms with Gasteiger partial charge < -0.3 is 19.6 Å². The highest BCUT2D eigenvalue weighted by Crippen LogP contribution is 2.48. The molecule has 0 fully saturated rings. The zero-order valence-corrected chi connectivity index (χ0v) is 24.4. The van der Waals surface area contributed by atoms with E-state index in [2.05, 4.69) is 93.0 Å². The maximum atomic E-state index is 10.8. The van der Waals surface area contributed by atoms with Gasteiger partial charge in [0.1, 0.15) is 11.5 Å². The molecule has 6 heteroatoms. The minimum Gasteiger partial charge on any atom is -0.481 e. The first-order chi connectivity index (χ1) is 19.2. The van der Waals surface area contributed by atoms with Gasteiger partial charge in [-0.05, 0) is 70.0 Å². The van der Waals surface area contributed by atoms with Crippen molar-refractivity contribution < 1.29 is 19.1 Å². The third kappa shape index (κ3) is 5.32. The second-order valence-electron chi connectivity index (χ2n) is 11.2. The Bertz CT molecular complexity index is 1480. The number of ether oxygens (including phenoxy) is 1. The molecule has 0 saturated carbocycles. The fourth-order valence-electron chi connectivity index (χ4n) is 5.92. The van der Waals surface area contributed by atoms with E-state index in [9.17, 15) is 4.79 Å². The van der Waals surface area contributed by atoms with E-state index in [4.69, 9.17) is 14.3 Å². The summed E-state index contributed by atoms with van der Waals surface area (Å²) in [5.74, 6) is 1.81. The monoisotopic (exact) mass is 541 g/mol. The number of hydrogen-bond donors (Lipinski definition) is 1. The minimum atomic E-state index is -0.722. The molecule has 2 heterocycles. The third-order valence-electron chi connectivity index (χ3n) is 8.37. The lowest BCUT2D eigenvalue weighted by atomic mass is 9.72. The first kappa shape index (κ1) is 27.8. The molecule has 2 aromatic carbocycles. The Morgan fingerprint density at radius 3 is 2.35 bits per heavy atom. The number of allylic oxidation sites excluding steroid dienone is 1. The zero-order valence-electron chi connectivity index (χ0n) is 24.4. The van der Waals surface area contributed by atoms with Crippen molar-refractivity contribution >= 4 is 40.5 Å². The standard InChI is InChI=1S/C34H40N2O4/c1-6-35(7-2)25-15-13-23-18-27-31(39-29(23)20-25)22-32-28(34(27,4)5)19-24-14-16-26(21-30(24)40-32)36(8-3)17-11-9-10-12-33(37)38/h13-16,18-22H,6-12,17H2,1-5H3/p+1. The van der Waals surface area contributed by atoms with Gasteiger partial charge in [0, 0.05) is 66.6 Å². The molecule has 3 aromatic rings. The Balaban J connectivity index is 1.44. The number of carboxylic acids is 1. The number of anilines is 2. The number of carboxylic acid groups (broad SMARTS) is 1. The van der Waals surface area contributed by atoms with Crippen molar-refractivity contribution in [2.24, 2.45) is 0 Å². The highest BCUT2D eigenvalue weighted by molar-refractivity contribution is 5.85. The Morgan fingerprint density at radius 2 is 1.62 bits per heavy atom. The average molecular weight is 542 g/mol. The summed E-state index contributed by atoms with van der Waals surface area (Å²) >= 11 is 0. The molecular formula is C34H41N2O4+. The molecule has 0 radical (unpaired) electrons. The summed E-state index contributed by atoms with van der Waals surface area (Å²) < 4.78 is 13.1. The molecule has 1 aliphatic carbocycles. The lowest BCUT2D eigenvalue weighted by Crippen LogP contribution is -2.29. The van der Waals surface area contributed by atoms with Crippen LogP contribution in [0.25, 0.3) is 23.1 Å². The summed E-state index contributed by atoms with van der Waals surface area (Å²) in [5.41, 5.74) is 6.27. The van der Waals surface area contributed by atoms with Crippen LogP contribution in [0.2, 0.25) is 0 Å². The summed E-state index contributed by atoms with van der Waals surface area (Å²) in [6.07, 6.45) is 7.13. The normalized spacial score (nSPS) is 14.8. The molecule has 6 nitrogen and oxygen atoms in total. The van der Waals surface area contributed by atoms with Gasteiger partial charge in [0.05, 0.1) is 23.1 Å². The van der Waals surface area contributed by atoms with Crippen LogP contribution < -0.4 is 14.5 Å². The lowest BCUT2D eigenvalue weighted by Gasteiger charge is -2.34. The molecule has 1 N–H and O–H groups in total. The van der Waals surface area contributed by atoms with Crippen LogP contribution in [0, 0.1) is 0 Å². The van der Waals surface area contributed by atoms with Crippen LogP contribution in [-0.4, -0.2) is 37.3 Å². The Labute approximate surface area is 237 Å². The second kappa shape index (κ2) is 11.4. The van der Waals surface area contributed by atoms with Crippen LogP contribution in [0.4, 0.5) is 11.4 Å². The Morgan fingerprint density at radius 1 is 0.900 bits per heavy atom. The van der Waals surface area contributed by atoms with E-state index >= 15 is 0 Å². The van der Waals surface area contributed by atoms with Crippen LogP contribution in [0.5, 0.6) is 5.75 Å². The van der Waals surface area contributed by atoms with Gasteiger partial charge in [-0.15, -0.1) is 0 Å². The van der Waals surface area contributed by atoms with Gasteiger partial charge in [0.2, 0.25) is 0 Å². The highest BCUT2D eigenvalue weighted by Gasteiger charge is 2.42. The van der Waals surface area contributed by atoms with Crippen LogP contribution in [0.3, 0.4) is 0 Å². The van der Waals surface area contributed by atoms with Crippen molar-refractivity contribution in [3.05, 3.63) is 70.7 Å². The molecule has 0 bridgehead atoms. The number of benzene rings is 2. The SMILES string of the molecule is CCN(CC)c1ccc2cc3c([o+]c2c1)C=C1Oc2cc(N(CC)CCCCCC(=O)O)ccc2C=C1C3(C)C. The molecule has 0 amide bonds. The van der Waals surface area contributed by atoms with E-state index < -0.39 is 5.97 Å². The van der Waals surface area contributed by atoms with E-state index in [1.807, 2.05) is 6.08 Å². The number of carbonyl (C=O) groups is 1. The maximum Gasteiger partial charge on any atom is 0.362 e. The minimum absolute atomic E-state index is 0.237. The van der Waals surface area contributed by atoms with Crippen molar-refractivity contribution in [1.29, 1.82) is 0 Å². The maximum absolute atomic E-state index is 10.8. The quantitative estimate of drug-likeness (QED) is 0.195.